The number of non-ortho nitro benzene ring substituents is 1. The first kappa shape index (κ1) is 11.1. The quantitative estimate of drug-likeness (QED) is 0.605. The maximum Gasteiger partial charge on any atom is 0.324 e. The van der Waals surface area contributed by atoms with Crippen molar-refractivity contribution >= 4 is 17.6 Å². The average molecular weight is 235 g/mol. The van der Waals surface area contributed by atoms with Crippen molar-refractivity contribution in [2.75, 3.05) is 13.1 Å². The molecule has 1 aliphatic rings. The van der Waals surface area contributed by atoms with Gasteiger partial charge in [-0.15, -0.1) is 0 Å². The van der Waals surface area contributed by atoms with Crippen LogP contribution < -0.4 is 5.32 Å². The van der Waals surface area contributed by atoms with Crippen LogP contribution in [0.15, 0.2) is 24.3 Å². The van der Waals surface area contributed by atoms with E-state index in [9.17, 15) is 19.7 Å². The van der Waals surface area contributed by atoms with Crippen LogP contribution in [0.1, 0.15) is 10.4 Å². The zero-order valence-electron chi connectivity index (χ0n) is 8.75. The average Bonchev–Trinajstić information content (AvgIpc) is 2.74. The van der Waals surface area contributed by atoms with Crippen molar-refractivity contribution in [3.05, 3.63) is 39.9 Å². The molecule has 7 heteroatoms. The number of nitrogens with one attached hydrogen (secondary N) is 1. The molecule has 17 heavy (non-hydrogen) atoms. The summed E-state index contributed by atoms with van der Waals surface area (Å²) in [5.74, 6) is -0.449. The number of carbonyl (C=O) groups excluding carboxylic acids is 2. The maximum absolute atomic E-state index is 11.8. The van der Waals surface area contributed by atoms with Gasteiger partial charge in [0, 0.05) is 30.8 Å². The molecule has 3 amide bonds. The van der Waals surface area contributed by atoms with Crippen LogP contribution in [-0.4, -0.2) is 34.9 Å². The molecule has 1 aromatic rings. The topological polar surface area (TPSA) is 92.6 Å². The van der Waals surface area contributed by atoms with Gasteiger partial charge < -0.3 is 5.32 Å². The van der Waals surface area contributed by atoms with Gasteiger partial charge in [-0.05, 0) is 12.1 Å². The van der Waals surface area contributed by atoms with Gasteiger partial charge in [0.15, 0.2) is 0 Å². The summed E-state index contributed by atoms with van der Waals surface area (Å²) in [4.78, 5) is 34.0. The Bertz CT molecular complexity index is 483. The number of nitro benzene ring substituents is 1. The Morgan fingerprint density at radius 3 is 2.47 bits per heavy atom. The van der Waals surface area contributed by atoms with E-state index in [-0.39, 0.29) is 11.3 Å². The number of benzene rings is 1. The normalized spacial score (nSPS) is 14.6. The molecule has 1 aromatic carbocycles. The van der Waals surface area contributed by atoms with Crippen LogP contribution in [0.2, 0.25) is 0 Å². The summed E-state index contributed by atoms with van der Waals surface area (Å²) >= 11 is 0. The highest BCUT2D eigenvalue weighted by Crippen LogP contribution is 2.14. The third kappa shape index (κ3) is 2.07. The number of hydrogen-bond acceptors (Lipinski definition) is 4. The number of carbonyl (C=O) groups is 2. The number of nitrogens with zero attached hydrogens (tertiary/aromatic N) is 2. The Kier molecular flexibility index (Phi) is 2.73. The van der Waals surface area contributed by atoms with Crippen LogP contribution >= 0.6 is 0 Å². The van der Waals surface area contributed by atoms with E-state index in [2.05, 4.69) is 5.32 Å². The number of hydrogen-bond donors (Lipinski definition) is 1. The molecule has 0 atom stereocenters. The Balaban J connectivity index is 2.20. The summed E-state index contributed by atoms with van der Waals surface area (Å²) in [6.07, 6.45) is 0. The molecule has 88 valence electrons. The van der Waals surface area contributed by atoms with Gasteiger partial charge in [0.1, 0.15) is 0 Å². The minimum Gasteiger partial charge on any atom is -0.336 e. The van der Waals surface area contributed by atoms with Gasteiger partial charge in [0.2, 0.25) is 0 Å². The first-order chi connectivity index (χ1) is 8.09. The molecule has 1 fully saturated rings. The summed E-state index contributed by atoms with van der Waals surface area (Å²) in [5.41, 5.74) is 0.167. The lowest BCUT2D eigenvalue weighted by Crippen LogP contribution is -2.34. The van der Waals surface area contributed by atoms with Crippen LogP contribution in [0.4, 0.5) is 10.5 Å². The van der Waals surface area contributed by atoms with E-state index in [4.69, 9.17) is 0 Å². The monoisotopic (exact) mass is 235 g/mol. The SMILES string of the molecule is O=C1NCCN1C(=O)c1ccc([N+](=O)[O-])cc1. The highest BCUT2D eigenvalue weighted by Gasteiger charge is 2.27. The first-order valence-corrected chi connectivity index (χ1v) is 4.94. The van der Waals surface area contributed by atoms with Crippen LogP contribution in [0.25, 0.3) is 0 Å². The van der Waals surface area contributed by atoms with E-state index in [0.29, 0.717) is 13.1 Å². The number of amides is 3. The first-order valence-electron chi connectivity index (χ1n) is 4.94. The van der Waals surface area contributed by atoms with Crippen LogP contribution in [-0.2, 0) is 0 Å². The van der Waals surface area contributed by atoms with E-state index >= 15 is 0 Å². The maximum atomic E-state index is 11.8. The molecule has 1 heterocycles. The molecule has 0 unspecified atom stereocenters. The molecule has 1 aliphatic heterocycles. The predicted molar refractivity (Wildman–Crippen MR) is 57.5 cm³/mol. The Hall–Kier alpha value is -2.44. The number of imide groups is 1. The second kappa shape index (κ2) is 4.20. The van der Waals surface area contributed by atoms with Crippen molar-refractivity contribution in [2.24, 2.45) is 0 Å². The van der Waals surface area contributed by atoms with E-state index in [1.54, 1.807) is 0 Å². The zero-order chi connectivity index (χ0) is 12.4. The largest absolute Gasteiger partial charge is 0.336 e. The Morgan fingerprint density at radius 2 is 2.00 bits per heavy atom. The standard InChI is InChI=1S/C10H9N3O4/c14-9(12-6-5-11-10(12)15)7-1-3-8(4-2-7)13(16)17/h1-4H,5-6H2,(H,11,15). The van der Waals surface area contributed by atoms with Crippen molar-refractivity contribution in [3.8, 4) is 0 Å². The molecular weight excluding hydrogens is 226 g/mol. The predicted octanol–water partition coefficient (Wildman–Crippen LogP) is 0.760. The number of urea groups is 1. The lowest BCUT2D eigenvalue weighted by molar-refractivity contribution is -0.384. The fraction of sp³-hybridized carbons (Fsp3) is 0.200. The minimum absolute atomic E-state index is 0.0903. The Morgan fingerprint density at radius 1 is 1.35 bits per heavy atom. The highest BCUT2D eigenvalue weighted by atomic mass is 16.6. The van der Waals surface area contributed by atoms with Crippen molar-refractivity contribution in [1.29, 1.82) is 0 Å². The number of nitro groups is 1. The van der Waals surface area contributed by atoms with Gasteiger partial charge in [0.25, 0.3) is 11.6 Å². The second-order valence-electron chi connectivity index (χ2n) is 3.49. The molecule has 0 bridgehead atoms. The molecule has 0 spiro atoms. The third-order valence-electron chi connectivity index (χ3n) is 2.43. The summed E-state index contributed by atoms with van der Waals surface area (Å²) in [6, 6.07) is 4.72. The van der Waals surface area contributed by atoms with Gasteiger partial charge in [-0.25, -0.2) is 4.79 Å². The Labute approximate surface area is 96.2 Å². The highest BCUT2D eigenvalue weighted by molar-refractivity contribution is 6.05. The van der Waals surface area contributed by atoms with Crippen molar-refractivity contribution in [1.82, 2.24) is 10.2 Å². The van der Waals surface area contributed by atoms with Gasteiger partial charge in [-0.2, -0.15) is 0 Å². The summed E-state index contributed by atoms with van der Waals surface area (Å²) in [5, 5.41) is 12.9. The van der Waals surface area contributed by atoms with Crippen LogP contribution in [0, 0.1) is 10.1 Å². The molecule has 0 aliphatic carbocycles. The fourth-order valence-corrected chi connectivity index (χ4v) is 1.55. The van der Waals surface area contributed by atoms with Gasteiger partial charge in [-0.1, -0.05) is 0 Å². The van der Waals surface area contributed by atoms with E-state index < -0.39 is 16.9 Å². The lowest BCUT2D eigenvalue weighted by atomic mass is 10.2. The molecule has 0 aromatic heterocycles. The molecule has 0 radical (unpaired) electrons. The second-order valence-corrected chi connectivity index (χ2v) is 3.49. The fourth-order valence-electron chi connectivity index (χ4n) is 1.55. The van der Waals surface area contributed by atoms with Gasteiger partial charge in [0.05, 0.1) is 4.92 Å². The molecule has 2 rings (SSSR count). The summed E-state index contributed by atoms with van der Waals surface area (Å²) < 4.78 is 0. The van der Waals surface area contributed by atoms with Crippen molar-refractivity contribution < 1.29 is 14.5 Å². The van der Waals surface area contributed by atoms with E-state index in [1.807, 2.05) is 0 Å². The lowest BCUT2D eigenvalue weighted by Gasteiger charge is -2.11. The van der Waals surface area contributed by atoms with Crippen molar-refractivity contribution in [2.45, 2.75) is 0 Å². The summed E-state index contributed by atoms with van der Waals surface area (Å²) in [6.45, 7) is 0.742. The van der Waals surface area contributed by atoms with E-state index in [1.165, 1.54) is 24.3 Å². The van der Waals surface area contributed by atoms with Gasteiger partial charge in [-0.3, -0.25) is 19.8 Å². The minimum atomic E-state index is -0.545. The van der Waals surface area contributed by atoms with Crippen LogP contribution in [0.5, 0.6) is 0 Å². The van der Waals surface area contributed by atoms with Crippen molar-refractivity contribution in [3.63, 3.8) is 0 Å². The van der Waals surface area contributed by atoms with Crippen LogP contribution in [0.3, 0.4) is 0 Å². The number of rotatable bonds is 2. The molecule has 7 nitrogen and oxygen atoms in total. The smallest absolute Gasteiger partial charge is 0.324 e. The molecule has 0 saturated carbocycles. The van der Waals surface area contributed by atoms with E-state index in [0.717, 1.165) is 4.90 Å². The van der Waals surface area contributed by atoms with Gasteiger partial charge >= 0.3 is 6.03 Å². The molecular formula is C10H9N3O4. The zero-order valence-corrected chi connectivity index (χ0v) is 8.75. The third-order valence-corrected chi connectivity index (χ3v) is 2.43. The molecule has 1 N–H and O–H groups in total. The molecule has 1 saturated heterocycles. The summed E-state index contributed by atoms with van der Waals surface area (Å²) in [7, 11) is 0.